The second kappa shape index (κ2) is 6.74. The fourth-order valence-electron chi connectivity index (χ4n) is 1.68. The second-order valence-corrected chi connectivity index (χ2v) is 3.69. The van der Waals surface area contributed by atoms with Crippen LogP contribution in [0.4, 0.5) is 4.39 Å². The van der Waals surface area contributed by atoms with E-state index in [2.05, 4.69) is 4.98 Å². The topological polar surface area (TPSA) is 59.2 Å². The molecule has 1 aromatic rings. The summed E-state index contributed by atoms with van der Waals surface area (Å²) in [5.74, 6) is -0.695. The van der Waals surface area contributed by atoms with Gasteiger partial charge in [-0.15, -0.1) is 24.8 Å². The zero-order chi connectivity index (χ0) is 10.8. The minimum absolute atomic E-state index is 0. The molecule has 1 aliphatic heterocycles. The predicted octanol–water partition coefficient (Wildman–Crippen LogP) is 1.24. The van der Waals surface area contributed by atoms with E-state index in [1.165, 1.54) is 12.3 Å². The molecule has 0 radical (unpaired) electrons. The summed E-state index contributed by atoms with van der Waals surface area (Å²) in [5, 5.41) is 0. The summed E-state index contributed by atoms with van der Waals surface area (Å²) in [4.78, 5) is 17.1. The Labute approximate surface area is 111 Å². The smallest absolute Gasteiger partial charge is 0.255 e. The van der Waals surface area contributed by atoms with E-state index >= 15 is 0 Å². The zero-order valence-electron chi connectivity index (χ0n) is 9.01. The van der Waals surface area contributed by atoms with E-state index in [4.69, 9.17) is 5.73 Å². The van der Waals surface area contributed by atoms with E-state index in [0.717, 1.165) is 12.6 Å². The van der Waals surface area contributed by atoms with Crippen LogP contribution >= 0.6 is 24.8 Å². The minimum Gasteiger partial charge on any atom is -0.337 e. The van der Waals surface area contributed by atoms with Crippen molar-refractivity contribution in [1.82, 2.24) is 9.88 Å². The first kappa shape index (κ1) is 16.1. The molecule has 1 fully saturated rings. The Kier molecular flexibility index (Phi) is 6.37. The lowest BCUT2D eigenvalue weighted by Gasteiger charge is -2.15. The third-order valence-corrected chi connectivity index (χ3v) is 2.46. The van der Waals surface area contributed by atoms with Gasteiger partial charge < -0.3 is 10.6 Å². The Balaban J connectivity index is 0.00000128. The molecule has 1 saturated heterocycles. The molecule has 0 saturated carbocycles. The quantitative estimate of drug-likeness (QED) is 0.843. The monoisotopic (exact) mass is 281 g/mol. The molecule has 1 atom stereocenters. The summed E-state index contributed by atoms with van der Waals surface area (Å²) in [7, 11) is 0. The van der Waals surface area contributed by atoms with Gasteiger partial charge in [-0.1, -0.05) is 0 Å². The third kappa shape index (κ3) is 3.80. The van der Waals surface area contributed by atoms with Crippen LogP contribution in [0.2, 0.25) is 0 Å². The second-order valence-electron chi connectivity index (χ2n) is 3.69. The molecular formula is C10H14Cl2FN3O. The highest BCUT2D eigenvalue weighted by atomic mass is 35.5. The summed E-state index contributed by atoms with van der Waals surface area (Å²) in [6, 6.07) is 1.23. The number of amides is 1. The average Bonchev–Trinajstić information content (AvgIpc) is 2.64. The Hall–Kier alpha value is -0.910. The zero-order valence-corrected chi connectivity index (χ0v) is 10.6. The van der Waals surface area contributed by atoms with Gasteiger partial charge in [-0.3, -0.25) is 9.78 Å². The number of hydrogen-bond acceptors (Lipinski definition) is 3. The molecule has 96 valence electrons. The van der Waals surface area contributed by atoms with Gasteiger partial charge in [0.15, 0.2) is 0 Å². The molecular weight excluding hydrogens is 268 g/mol. The molecule has 1 aromatic heterocycles. The Morgan fingerprint density at radius 3 is 2.71 bits per heavy atom. The maximum absolute atomic E-state index is 12.8. The van der Waals surface area contributed by atoms with Crippen LogP contribution in [0.1, 0.15) is 16.8 Å². The molecule has 1 amide bonds. The highest BCUT2D eigenvalue weighted by Gasteiger charge is 2.24. The fourth-order valence-corrected chi connectivity index (χ4v) is 1.68. The van der Waals surface area contributed by atoms with Gasteiger partial charge in [-0.05, 0) is 12.5 Å². The molecule has 2 N–H and O–H groups in total. The largest absolute Gasteiger partial charge is 0.337 e. The van der Waals surface area contributed by atoms with Crippen LogP contribution in [-0.2, 0) is 0 Å². The standard InChI is InChI=1S/C10H12FN3O.2ClH/c11-8-3-7(4-13-5-8)10(15)14-2-1-9(12)6-14;;/h3-5,9H,1-2,6,12H2;2*1H. The van der Waals surface area contributed by atoms with Crippen LogP contribution in [0.25, 0.3) is 0 Å². The molecule has 1 aliphatic rings. The number of rotatable bonds is 1. The van der Waals surface area contributed by atoms with Crippen LogP contribution in [0.15, 0.2) is 18.5 Å². The number of likely N-dealkylation sites (tertiary alicyclic amines) is 1. The van der Waals surface area contributed by atoms with E-state index in [1.54, 1.807) is 4.90 Å². The lowest BCUT2D eigenvalue weighted by molar-refractivity contribution is 0.0790. The number of nitrogens with two attached hydrogens (primary N) is 1. The summed E-state index contributed by atoms with van der Waals surface area (Å²) in [6.45, 7) is 1.17. The van der Waals surface area contributed by atoms with Crippen LogP contribution in [0.3, 0.4) is 0 Å². The van der Waals surface area contributed by atoms with Gasteiger partial charge in [0.25, 0.3) is 5.91 Å². The lowest BCUT2D eigenvalue weighted by Crippen LogP contribution is -2.31. The Bertz CT molecular complexity index is 392. The molecule has 0 bridgehead atoms. The number of halogens is 3. The van der Waals surface area contributed by atoms with Gasteiger partial charge in [0, 0.05) is 25.3 Å². The Morgan fingerprint density at radius 1 is 1.47 bits per heavy atom. The maximum atomic E-state index is 12.8. The number of pyridine rings is 1. The van der Waals surface area contributed by atoms with Crippen LogP contribution in [0, 0.1) is 5.82 Å². The first-order valence-corrected chi connectivity index (χ1v) is 4.82. The van der Waals surface area contributed by atoms with Crippen molar-refractivity contribution < 1.29 is 9.18 Å². The van der Waals surface area contributed by atoms with Crippen LogP contribution in [-0.4, -0.2) is 34.9 Å². The van der Waals surface area contributed by atoms with Gasteiger partial charge >= 0.3 is 0 Å². The normalized spacial score (nSPS) is 18.2. The fraction of sp³-hybridized carbons (Fsp3) is 0.400. The van der Waals surface area contributed by atoms with Gasteiger partial charge in [0.05, 0.1) is 11.8 Å². The van der Waals surface area contributed by atoms with Crippen molar-refractivity contribution in [3.05, 3.63) is 29.8 Å². The molecule has 7 heteroatoms. The van der Waals surface area contributed by atoms with Gasteiger partial charge in [0.2, 0.25) is 0 Å². The highest BCUT2D eigenvalue weighted by Crippen LogP contribution is 2.12. The maximum Gasteiger partial charge on any atom is 0.255 e. The van der Waals surface area contributed by atoms with Crippen molar-refractivity contribution in [3.8, 4) is 0 Å². The molecule has 2 rings (SSSR count). The summed E-state index contributed by atoms with van der Waals surface area (Å²) in [5.41, 5.74) is 5.97. The van der Waals surface area contributed by atoms with Crippen molar-refractivity contribution in [2.24, 2.45) is 5.73 Å². The average molecular weight is 282 g/mol. The summed E-state index contributed by atoms with van der Waals surface area (Å²) in [6.07, 6.45) is 3.25. The van der Waals surface area contributed by atoms with E-state index in [1.807, 2.05) is 0 Å². The van der Waals surface area contributed by atoms with Gasteiger partial charge in [-0.25, -0.2) is 4.39 Å². The van der Waals surface area contributed by atoms with E-state index in [0.29, 0.717) is 13.1 Å². The molecule has 1 unspecified atom stereocenters. The van der Waals surface area contributed by atoms with Crippen molar-refractivity contribution in [2.45, 2.75) is 12.5 Å². The van der Waals surface area contributed by atoms with E-state index in [9.17, 15) is 9.18 Å². The van der Waals surface area contributed by atoms with Gasteiger partial charge in [-0.2, -0.15) is 0 Å². The van der Waals surface area contributed by atoms with E-state index < -0.39 is 5.82 Å². The number of carbonyl (C=O) groups is 1. The number of hydrogen-bond donors (Lipinski definition) is 1. The minimum atomic E-state index is -0.496. The van der Waals surface area contributed by atoms with Gasteiger partial charge in [0.1, 0.15) is 5.82 Å². The lowest BCUT2D eigenvalue weighted by atomic mass is 10.2. The molecule has 4 nitrogen and oxygen atoms in total. The number of aromatic nitrogens is 1. The molecule has 0 aromatic carbocycles. The first-order valence-electron chi connectivity index (χ1n) is 4.82. The predicted molar refractivity (Wildman–Crippen MR) is 67.2 cm³/mol. The van der Waals surface area contributed by atoms with Crippen molar-refractivity contribution >= 4 is 30.7 Å². The number of nitrogens with zero attached hydrogens (tertiary/aromatic N) is 2. The molecule has 0 aliphatic carbocycles. The molecule has 2 heterocycles. The van der Waals surface area contributed by atoms with Crippen molar-refractivity contribution in [2.75, 3.05) is 13.1 Å². The third-order valence-electron chi connectivity index (χ3n) is 2.46. The summed E-state index contributed by atoms with van der Waals surface area (Å²) >= 11 is 0. The first-order chi connectivity index (χ1) is 7.16. The SMILES string of the molecule is Cl.Cl.NC1CCN(C(=O)c2cncc(F)c2)C1. The summed E-state index contributed by atoms with van der Waals surface area (Å²) < 4.78 is 12.8. The number of carbonyl (C=O) groups excluding carboxylic acids is 1. The molecule has 17 heavy (non-hydrogen) atoms. The van der Waals surface area contributed by atoms with Crippen molar-refractivity contribution in [1.29, 1.82) is 0 Å². The Morgan fingerprint density at radius 2 is 2.18 bits per heavy atom. The van der Waals surface area contributed by atoms with Crippen LogP contribution < -0.4 is 5.73 Å². The highest BCUT2D eigenvalue weighted by molar-refractivity contribution is 5.94. The molecule has 0 spiro atoms. The van der Waals surface area contributed by atoms with Crippen LogP contribution in [0.5, 0.6) is 0 Å². The van der Waals surface area contributed by atoms with E-state index in [-0.39, 0.29) is 42.3 Å². The van der Waals surface area contributed by atoms with Crippen molar-refractivity contribution in [3.63, 3.8) is 0 Å².